The fraction of sp³-hybridized carbons (Fsp3) is 0.462. The third-order valence-electron chi connectivity index (χ3n) is 3.34. The molecule has 0 amide bonds. The van der Waals surface area contributed by atoms with Gasteiger partial charge in [-0.2, -0.15) is 0 Å². The molecule has 1 fully saturated rings. The maximum absolute atomic E-state index is 6.09. The molecule has 0 bridgehead atoms. The van der Waals surface area contributed by atoms with Crippen LogP contribution in [0, 0.1) is 6.92 Å². The molecule has 1 aliphatic rings. The van der Waals surface area contributed by atoms with Crippen LogP contribution < -0.4 is 10.6 Å². The topological polar surface area (TPSA) is 70.6 Å². The monoisotopic (exact) mass is 322 g/mol. The first-order valence-electron chi connectivity index (χ1n) is 6.83. The summed E-state index contributed by atoms with van der Waals surface area (Å²) in [4.78, 5) is 18.7. The summed E-state index contributed by atoms with van der Waals surface area (Å²) in [6.07, 6.45) is 3.72. The van der Waals surface area contributed by atoms with E-state index in [0.29, 0.717) is 12.5 Å². The van der Waals surface area contributed by atoms with Crippen LogP contribution in [0.3, 0.4) is 0 Å². The van der Waals surface area contributed by atoms with Gasteiger partial charge in [-0.3, -0.25) is 0 Å². The molecule has 21 heavy (non-hydrogen) atoms. The number of rotatable bonds is 3. The molecule has 0 radical (unpaired) electrons. The van der Waals surface area contributed by atoms with E-state index in [-0.39, 0.29) is 0 Å². The number of nitrogens with two attached hydrogens (primary N) is 1. The zero-order chi connectivity index (χ0) is 14.7. The highest BCUT2D eigenvalue weighted by Crippen LogP contribution is 2.19. The SMILES string of the molecule is Cc1cnc(CN=C(N)N2CCN(c3nccs3)CC2)s1. The second-order valence-corrected chi connectivity index (χ2v) is 7.02. The molecule has 3 heterocycles. The van der Waals surface area contributed by atoms with Crippen LogP contribution in [0.5, 0.6) is 0 Å². The molecule has 1 aliphatic heterocycles. The van der Waals surface area contributed by atoms with E-state index < -0.39 is 0 Å². The fourth-order valence-electron chi connectivity index (χ4n) is 2.22. The van der Waals surface area contributed by atoms with Crippen molar-refractivity contribution in [1.29, 1.82) is 0 Å². The molecule has 0 aliphatic carbocycles. The Kier molecular flexibility index (Phi) is 4.35. The minimum Gasteiger partial charge on any atom is -0.370 e. The lowest BCUT2D eigenvalue weighted by Crippen LogP contribution is -2.51. The van der Waals surface area contributed by atoms with E-state index in [1.165, 1.54) is 4.88 Å². The van der Waals surface area contributed by atoms with E-state index in [1.807, 2.05) is 24.7 Å². The third kappa shape index (κ3) is 3.51. The Labute approximate surface area is 132 Å². The lowest BCUT2D eigenvalue weighted by atomic mass is 10.3. The Hall–Kier alpha value is -1.67. The van der Waals surface area contributed by atoms with Crippen molar-refractivity contribution in [1.82, 2.24) is 14.9 Å². The van der Waals surface area contributed by atoms with Crippen molar-refractivity contribution < 1.29 is 0 Å². The maximum Gasteiger partial charge on any atom is 0.191 e. The van der Waals surface area contributed by atoms with Gasteiger partial charge in [0, 0.05) is 48.8 Å². The standard InChI is InChI=1S/C13H18N6S2/c1-10-8-16-11(21-10)9-17-12(14)18-3-5-19(6-4-18)13-15-2-7-20-13/h2,7-8H,3-6,9H2,1H3,(H2,14,17). The molecule has 2 N–H and O–H groups in total. The van der Waals surface area contributed by atoms with Gasteiger partial charge in [0.2, 0.25) is 0 Å². The molecular formula is C13H18N6S2. The molecule has 0 spiro atoms. The van der Waals surface area contributed by atoms with Gasteiger partial charge in [-0.25, -0.2) is 15.0 Å². The number of aryl methyl sites for hydroxylation is 1. The molecule has 1 saturated heterocycles. The first-order chi connectivity index (χ1) is 10.2. The van der Waals surface area contributed by atoms with E-state index in [0.717, 1.165) is 36.3 Å². The molecule has 0 atom stereocenters. The van der Waals surface area contributed by atoms with Crippen molar-refractivity contribution >= 4 is 33.8 Å². The molecule has 2 aromatic heterocycles. The molecule has 0 aromatic carbocycles. The lowest BCUT2D eigenvalue weighted by molar-refractivity contribution is 0.380. The number of hydrogen-bond acceptors (Lipinski definition) is 6. The van der Waals surface area contributed by atoms with Gasteiger partial charge < -0.3 is 15.5 Å². The summed E-state index contributed by atoms with van der Waals surface area (Å²) >= 11 is 3.34. The van der Waals surface area contributed by atoms with Crippen molar-refractivity contribution in [3.05, 3.63) is 27.7 Å². The molecule has 8 heteroatoms. The summed E-state index contributed by atoms with van der Waals surface area (Å²) in [5.41, 5.74) is 6.09. The van der Waals surface area contributed by atoms with Crippen LogP contribution >= 0.6 is 22.7 Å². The second kappa shape index (κ2) is 6.40. The van der Waals surface area contributed by atoms with Gasteiger partial charge in [0.1, 0.15) is 5.01 Å². The highest BCUT2D eigenvalue weighted by atomic mass is 32.1. The van der Waals surface area contributed by atoms with Gasteiger partial charge in [-0.15, -0.1) is 22.7 Å². The summed E-state index contributed by atoms with van der Waals surface area (Å²) in [5.74, 6) is 0.613. The predicted molar refractivity (Wildman–Crippen MR) is 88.1 cm³/mol. The maximum atomic E-state index is 6.09. The first kappa shape index (κ1) is 14.3. The number of anilines is 1. The molecule has 0 saturated carbocycles. The molecular weight excluding hydrogens is 304 g/mol. The highest BCUT2D eigenvalue weighted by Gasteiger charge is 2.19. The zero-order valence-electron chi connectivity index (χ0n) is 11.9. The first-order valence-corrected chi connectivity index (χ1v) is 8.52. The Morgan fingerprint density at radius 3 is 2.76 bits per heavy atom. The average molecular weight is 322 g/mol. The predicted octanol–water partition coefficient (Wildman–Crippen LogP) is 1.54. The van der Waals surface area contributed by atoms with E-state index in [1.54, 1.807) is 22.7 Å². The third-order valence-corrected chi connectivity index (χ3v) is 5.07. The normalized spacial score (nSPS) is 16.5. The van der Waals surface area contributed by atoms with E-state index >= 15 is 0 Å². The van der Waals surface area contributed by atoms with Crippen molar-refractivity contribution in [2.75, 3.05) is 31.1 Å². The van der Waals surface area contributed by atoms with Gasteiger partial charge in [0.05, 0.1) is 6.54 Å². The summed E-state index contributed by atoms with van der Waals surface area (Å²) in [7, 11) is 0. The van der Waals surface area contributed by atoms with Gasteiger partial charge in [-0.1, -0.05) is 0 Å². The fourth-order valence-corrected chi connectivity index (χ4v) is 3.63. The van der Waals surface area contributed by atoms with E-state index in [9.17, 15) is 0 Å². The van der Waals surface area contributed by atoms with Crippen LogP contribution in [-0.2, 0) is 6.54 Å². The van der Waals surface area contributed by atoms with Crippen LogP contribution in [0.2, 0.25) is 0 Å². The average Bonchev–Trinajstić information content (AvgIpc) is 3.16. The minimum atomic E-state index is 0.567. The quantitative estimate of drug-likeness (QED) is 0.686. The van der Waals surface area contributed by atoms with Gasteiger partial charge >= 0.3 is 0 Å². The van der Waals surface area contributed by atoms with E-state index in [4.69, 9.17) is 5.73 Å². The summed E-state index contributed by atoms with van der Waals surface area (Å²) in [6.45, 7) is 6.24. The summed E-state index contributed by atoms with van der Waals surface area (Å²) < 4.78 is 0. The van der Waals surface area contributed by atoms with Gasteiger partial charge in [0.15, 0.2) is 11.1 Å². The number of aliphatic imine (C=N–C) groups is 1. The number of guanidine groups is 1. The van der Waals surface area contributed by atoms with Crippen molar-refractivity contribution in [2.24, 2.45) is 10.7 Å². The molecule has 0 unspecified atom stereocenters. The van der Waals surface area contributed by atoms with Crippen molar-refractivity contribution in [3.63, 3.8) is 0 Å². The largest absolute Gasteiger partial charge is 0.370 e. The molecule has 112 valence electrons. The molecule has 6 nitrogen and oxygen atoms in total. The van der Waals surface area contributed by atoms with Gasteiger partial charge in [0.25, 0.3) is 0 Å². The lowest BCUT2D eigenvalue weighted by Gasteiger charge is -2.35. The Balaban J connectivity index is 1.53. The van der Waals surface area contributed by atoms with Crippen LogP contribution in [0.4, 0.5) is 5.13 Å². The highest BCUT2D eigenvalue weighted by molar-refractivity contribution is 7.13. The Bertz CT molecular complexity index is 598. The zero-order valence-corrected chi connectivity index (χ0v) is 13.5. The number of aromatic nitrogens is 2. The Morgan fingerprint density at radius 1 is 1.33 bits per heavy atom. The molecule has 3 rings (SSSR count). The summed E-state index contributed by atoms with van der Waals surface area (Å²) in [5, 5.41) is 4.10. The smallest absolute Gasteiger partial charge is 0.191 e. The number of nitrogens with zero attached hydrogens (tertiary/aromatic N) is 5. The second-order valence-electron chi connectivity index (χ2n) is 4.83. The van der Waals surface area contributed by atoms with Gasteiger partial charge in [-0.05, 0) is 6.92 Å². The van der Waals surface area contributed by atoms with Crippen LogP contribution in [0.15, 0.2) is 22.8 Å². The number of hydrogen-bond donors (Lipinski definition) is 1. The summed E-state index contributed by atoms with van der Waals surface area (Å²) in [6, 6.07) is 0. The van der Waals surface area contributed by atoms with Crippen LogP contribution in [-0.4, -0.2) is 47.0 Å². The van der Waals surface area contributed by atoms with Crippen molar-refractivity contribution in [2.45, 2.75) is 13.5 Å². The van der Waals surface area contributed by atoms with Crippen LogP contribution in [0.25, 0.3) is 0 Å². The molecule has 2 aromatic rings. The van der Waals surface area contributed by atoms with E-state index in [2.05, 4.69) is 24.8 Å². The van der Waals surface area contributed by atoms with Crippen molar-refractivity contribution in [3.8, 4) is 0 Å². The number of thiazole rings is 2. The van der Waals surface area contributed by atoms with Crippen LogP contribution in [0.1, 0.15) is 9.88 Å². The Morgan fingerprint density at radius 2 is 2.14 bits per heavy atom. The number of piperazine rings is 1. The minimum absolute atomic E-state index is 0.567.